The van der Waals surface area contributed by atoms with Gasteiger partial charge in [0, 0.05) is 6.04 Å². The van der Waals surface area contributed by atoms with E-state index in [0.29, 0.717) is 5.69 Å². The summed E-state index contributed by atoms with van der Waals surface area (Å²) in [7, 11) is 0. The van der Waals surface area contributed by atoms with E-state index in [9.17, 15) is 18.8 Å². The Morgan fingerprint density at radius 1 is 0.931 bits per heavy atom. The number of benzene rings is 2. The van der Waals surface area contributed by atoms with Crippen LogP contribution in [-0.4, -0.2) is 34.7 Å². The van der Waals surface area contributed by atoms with Crippen molar-refractivity contribution >= 4 is 23.4 Å². The van der Waals surface area contributed by atoms with E-state index in [1.807, 2.05) is 6.07 Å². The van der Waals surface area contributed by atoms with Crippen molar-refractivity contribution in [3.63, 3.8) is 0 Å². The van der Waals surface area contributed by atoms with Crippen LogP contribution in [0.15, 0.2) is 54.6 Å². The monoisotopic (exact) mass is 394 g/mol. The summed E-state index contributed by atoms with van der Waals surface area (Å²) in [5.74, 6) is -1.89. The largest absolute Gasteiger partial charge is 0.323 e. The van der Waals surface area contributed by atoms with Crippen molar-refractivity contribution in [2.24, 2.45) is 0 Å². The second-order valence-corrected chi connectivity index (χ2v) is 7.61. The van der Waals surface area contributed by atoms with E-state index in [4.69, 9.17) is 0 Å². The zero-order valence-corrected chi connectivity index (χ0v) is 16.1. The zero-order chi connectivity index (χ0) is 20.4. The highest BCUT2D eigenvalue weighted by molar-refractivity contribution is 6.23. The fourth-order valence-corrected chi connectivity index (χ4v) is 4.38. The molecule has 6 heteroatoms. The molecule has 0 spiro atoms. The maximum absolute atomic E-state index is 14.4. The van der Waals surface area contributed by atoms with Gasteiger partial charge in [-0.1, -0.05) is 49.6 Å². The molecule has 2 fully saturated rings. The summed E-state index contributed by atoms with van der Waals surface area (Å²) in [6, 6.07) is 13.4. The van der Waals surface area contributed by atoms with Crippen LogP contribution in [0.4, 0.5) is 10.1 Å². The molecule has 2 aliphatic rings. The molecule has 5 nitrogen and oxygen atoms in total. The number of anilines is 1. The third-order valence-corrected chi connectivity index (χ3v) is 5.78. The lowest BCUT2D eigenvalue weighted by atomic mass is 9.92. The van der Waals surface area contributed by atoms with Crippen molar-refractivity contribution in [1.82, 2.24) is 4.90 Å². The van der Waals surface area contributed by atoms with Crippen LogP contribution in [0, 0.1) is 5.82 Å². The highest BCUT2D eigenvalue weighted by Crippen LogP contribution is 2.32. The summed E-state index contributed by atoms with van der Waals surface area (Å²) in [6.07, 6.45) is 4.40. The van der Waals surface area contributed by atoms with Gasteiger partial charge in [-0.3, -0.25) is 14.4 Å². The van der Waals surface area contributed by atoms with E-state index in [2.05, 4.69) is 0 Å². The van der Waals surface area contributed by atoms with Gasteiger partial charge in [-0.05, 0) is 37.1 Å². The van der Waals surface area contributed by atoms with Gasteiger partial charge in [0.15, 0.2) is 0 Å². The molecule has 0 bridgehead atoms. The van der Waals surface area contributed by atoms with Gasteiger partial charge in [-0.2, -0.15) is 0 Å². The van der Waals surface area contributed by atoms with E-state index >= 15 is 0 Å². The molecule has 29 heavy (non-hydrogen) atoms. The first kappa shape index (κ1) is 19.3. The molecule has 2 aromatic carbocycles. The van der Waals surface area contributed by atoms with E-state index in [1.165, 1.54) is 23.1 Å². The Morgan fingerprint density at radius 2 is 1.59 bits per heavy atom. The van der Waals surface area contributed by atoms with Crippen molar-refractivity contribution in [2.75, 3.05) is 4.90 Å². The molecule has 1 aliphatic heterocycles. The highest BCUT2D eigenvalue weighted by Gasteiger charge is 2.47. The Balaban J connectivity index is 1.70. The van der Waals surface area contributed by atoms with Crippen LogP contribution in [0.5, 0.6) is 0 Å². The van der Waals surface area contributed by atoms with Crippen LogP contribution >= 0.6 is 0 Å². The predicted molar refractivity (Wildman–Crippen MR) is 107 cm³/mol. The summed E-state index contributed by atoms with van der Waals surface area (Å²) in [4.78, 5) is 41.9. The second-order valence-electron chi connectivity index (χ2n) is 7.61. The van der Waals surface area contributed by atoms with E-state index < -0.39 is 23.7 Å². The Kier molecular flexibility index (Phi) is 5.43. The first-order chi connectivity index (χ1) is 14.1. The third kappa shape index (κ3) is 3.67. The molecule has 1 atom stereocenters. The molecule has 1 unspecified atom stereocenters. The lowest BCUT2D eigenvalue weighted by Gasteiger charge is -2.37. The Bertz CT molecular complexity index is 925. The summed E-state index contributed by atoms with van der Waals surface area (Å²) >= 11 is 0. The average Bonchev–Trinajstić information content (AvgIpc) is 3.03. The zero-order valence-electron chi connectivity index (χ0n) is 16.1. The van der Waals surface area contributed by atoms with E-state index in [0.717, 1.165) is 37.0 Å². The molecule has 3 amide bonds. The lowest BCUT2D eigenvalue weighted by Crippen LogP contribution is -2.51. The standard InChI is InChI=1S/C23H23FN2O3/c24-19-14-8-7-13-18(19)22(28)25(16-9-3-1-4-10-16)20-15-21(27)26(23(20)29)17-11-5-2-6-12-17/h2,5-8,11-14,16,20H,1,3-4,9-10,15H2. The molecule has 1 aliphatic carbocycles. The maximum Gasteiger partial charge on any atom is 0.257 e. The molecular formula is C23H23FN2O3. The molecule has 0 aromatic heterocycles. The molecule has 0 N–H and O–H groups in total. The fraction of sp³-hybridized carbons (Fsp3) is 0.348. The third-order valence-electron chi connectivity index (χ3n) is 5.78. The fourth-order valence-electron chi connectivity index (χ4n) is 4.38. The summed E-state index contributed by atoms with van der Waals surface area (Å²) < 4.78 is 14.4. The van der Waals surface area contributed by atoms with Crippen molar-refractivity contribution in [3.05, 3.63) is 66.0 Å². The number of hydrogen-bond acceptors (Lipinski definition) is 3. The molecule has 4 rings (SSSR count). The van der Waals surface area contributed by atoms with Gasteiger partial charge < -0.3 is 4.90 Å². The van der Waals surface area contributed by atoms with Crippen molar-refractivity contribution in [2.45, 2.75) is 50.6 Å². The van der Waals surface area contributed by atoms with Crippen LogP contribution in [0.3, 0.4) is 0 Å². The summed E-state index contributed by atoms with van der Waals surface area (Å²) in [6.45, 7) is 0. The molecule has 2 aromatic rings. The number of hydrogen-bond donors (Lipinski definition) is 0. The molecule has 1 saturated heterocycles. The Morgan fingerprint density at radius 3 is 2.28 bits per heavy atom. The van der Waals surface area contributed by atoms with E-state index in [1.54, 1.807) is 30.3 Å². The number of amides is 3. The molecule has 1 heterocycles. The molecule has 0 radical (unpaired) electrons. The minimum absolute atomic E-state index is 0.0588. The molecule has 1 saturated carbocycles. The van der Waals surface area contributed by atoms with E-state index in [-0.39, 0.29) is 23.9 Å². The van der Waals surface area contributed by atoms with Crippen LogP contribution in [0.2, 0.25) is 0 Å². The van der Waals surface area contributed by atoms with Gasteiger partial charge in [0.1, 0.15) is 11.9 Å². The maximum atomic E-state index is 14.4. The summed E-state index contributed by atoms with van der Waals surface area (Å²) in [5.41, 5.74) is 0.434. The normalized spacial score (nSPS) is 20.2. The van der Waals surface area contributed by atoms with Crippen LogP contribution in [0.25, 0.3) is 0 Å². The number of carbonyl (C=O) groups excluding carboxylic acids is 3. The van der Waals surface area contributed by atoms with Crippen molar-refractivity contribution in [1.29, 1.82) is 0 Å². The molecule has 150 valence electrons. The van der Waals surface area contributed by atoms with Gasteiger partial charge in [0.2, 0.25) is 5.91 Å². The first-order valence-corrected chi connectivity index (χ1v) is 10.1. The lowest BCUT2D eigenvalue weighted by molar-refractivity contribution is -0.123. The first-order valence-electron chi connectivity index (χ1n) is 10.1. The average molecular weight is 394 g/mol. The number of para-hydroxylation sites is 1. The van der Waals surface area contributed by atoms with Gasteiger partial charge in [-0.25, -0.2) is 9.29 Å². The van der Waals surface area contributed by atoms with Gasteiger partial charge in [-0.15, -0.1) is 0 Å². The van der Waals surface area contributed by atoms with Gasteiger partial charge in [0.05, 0.1) is 17.7 Å². The van der Waals surface area contributed by atoms with Crippen LogP contribution in [0.1, 0.15) is 48.9 Å². The molecular weight excluding hydrogens is 371 g/mol. The number of halogens is 1. The number of rotatable bonds is 4. The Hall–Kier alpha value is -3.02. The number of imide groups is 1. The number of carbonyl (C=O) groups is 3. The quantitative estimate of drug-likeness (QED) is 0.739. The minimum Gasteiger partial charge on any atom is -0.323 e. The summed E-state index contributed by atoms with van der Waals surface area (Å²) in [5, 5.41) is 0. The van der Waals surface area contributed by atoms with Crippen molar-refractivity contribution < 1.29 is 18.8 Å². The van der Waals surface area contributed by atoms with Crippen molar-refractivity contribution in [3.8, 4) is 0 Å². The minimum atomic E-state index is -0.905. The predicted octanol–water partition coefficient (Wildman–Crippen LogP) is 3.93. The number of nitrogens with zero attached hydrogens (tertiary/aromatic N) is 2. The topological polar surface area (TPSA) is 57.7 Å². The SMILES string of the molecule is O=C1CC(N(C(=O)c2ccccc2F)C2CCCCC2)C(=O)N1c1ccccc1. The van der Waals surface area contributed by atoms with Gasteiger partial charge in [0.25, 0.3) is 11.8 Å². The Labute approximate surface area is 169 Å². The second kappa shape index (κ2) is 8.15. The highest BCUT2D eigenvalue weighted by atomic mass is 19.1. The van der Waals surface area contributed by atoms with Crippen LogP contribution in [-0.2, 0) is 9.59 Å². The van der Waals surface area contributed by atoms with Gasteiger partial charge >= 0.3 is 0 Å². The smallest absolute Gasteiger partial charge is 0.257 e. The van der Waals surface area contributed by atoms with Crippen LogP contribution < -0.4 is 4.90 Å².